The summed E-state index contributed by atoms with van der Waals surface area (Å²) in [4.78, 5) is 21.3. The van der Waals surface area contributed by atoms with Crippen molar-refractivity contribution < 1.29 is 14.3 Å². The molecule has 0 saturated carbocycles. The summed E-state index contributed by atoms with van der Waals surface area (Å²) in [6, 6.07) is 14.9. The smallest absolute Gasteiger partial charge is 0.261 e. The first-order valence-electron chi connectivity index (χ1n) is 9.71. The fourth-order valence-electron chi connectivity index (χ4n) is 3.50. The lowest BCUT2D eigenvalue weighted by atomic mass is 10.1. The van der Waals surface area contributed by atoms with Crippen LogP contribution < -0.4 is 14.4 Å². The molecular weight excluding hydrogens is 382 g/mol. The number of pyridine rings is 1. The van der Waals surface area contributed by atoms with Crippen LogP contribution in [0.4, 0.5) is 5.82 Å². The van der Waals surface area contributed by atoms with Crippen molar-refractivity contribution in [1.82, 2.24) is 20.1 Å². The molecule has 0 unspecified atom stereocenters. The van der Waals surface area contributed by atoms with Gasteiger partial charge in [-0.25, -0.2) is 0 Å². The maximum absolute atomic E-state index is 13.1. The zero-order valence-electron chi connectivity index (χ0n) is 17.0. The fourth-order valence-corrected chi connectivity index (χ4v) is 3.50. The fraction of sp³-hybridized carbons (Fsp3) is 0.273. The van der Waals surface area contributed by atoms with E-state index < -0.39 is 0 Å². The molecule has 1 fully saturated rings. The van der Waals surface area contributed by atoms with Crippen LogP contribution in [0, 0.1) is 0 Å². The van der Waals surface area contributed by atoms with Crippen LogP contribution in [0.25, 0.3) is 11.4 Å². The Balaban J connectivity index is 1.44. The van der Waals surface area contributed by atoms with Crippen LogP contribution in [0.3, 0.4) is 0 Å². The second-order valence-electron chi connectivity index (χ2n) is 6.81. The van der Waals surface area contributed by atoms with E-state index in [9.17, 15) is 4.79 Å². The number of rotatable bonds is 5. The maximum Gasteiger partial charge on any atom is 0.261 e. The molecule has 8 heteroatoms. The van der Waals surface area contributed by atoms with Crippen molar-refractivity contribution in [3.8, 4) is 22.9 Å². The summed E-state index contributed by atoms with van der Waals surface area (Å²) in [7, 11) is 3.10. The molecule has 3 aromatic rings. The van der Waals surface area contributed by atoms with Crippen molar-refractivity contribution in [3.05, 3.63) is 60.3 Å². The molecule has 1 aromatic carbocycles. The molecule has 4 rings (SSSR count). The zero-order chi connectivity index (χ0) is 20.9. The molecule has 1 aliphatic rings. The molecule has 0 N–H and O–H groups in total. The van der Waals surface area contributed by atoms with Gasteiger partial charge in [-0.3, -0.25) is 9.78 Å². The van der Waals surface area contributed by atoms with Crippen molar-refractivity contribution in [2.45, 2.75) is 0 Å². The van der Waals surface area contributed by atoms with Crippen molar-refractivity contribution in [2.24, 2.45) is 0 Å². The van der Waals surface area contributed by atoms with E-state index in [1.54, 1.807) is 38.6 Å². The van der Waals surface area contributed by atoms with Gasteiger partial charge in [-0.1, -0.05) is 12.1 Å². The molecule has 0 bridgehead atoms. The summed E-state index contributed by atoms with van der Waals surface area (Å²) in [5.74, 6) is 1.72. The van der Waals surface area contributed by atoms with E-state index in [0.717, 1.165) is 17.2 Å². The lowest BCUT2D eigenvalue weighted by molar-refractivity contribution is 0.0739. The molecule has 0 spiro atoms. The monoisotopic (exact) mass is 405 g/mol. The van der Waals surface area contributed by atoms with Gasteiger partial charge in [0.1, 0.15) is 22.8 Å². The Kier molecular flexibility index (Phi) is 5.74. The predicted octanol–water partition coefficient (Wildman–Crippen LogP) is 2.52. The summed E-state index contributed by atoms with van der Waals surface area (Å²) in [6.07, 6.45) is 1.73. The van der Waals surface area contributed by atoms with Crippen molar-refractivity contribution >= 4 is 11.7 Å². The molecule has 8 nitrogen and oxygen atoms in total. The van der Waals surface area contributed by atoms with Crippen molar-refractivity contribution in [2.75, 3.05) is 45.3 Å². The Bertz CT molecular complexity index is 981. The highest BCUT2D eigenvalue weighted by Gasteiger charge is 2.27. The highest BCUT2D eigenvalue weighted by Crippen LogP contribution is 2.30. The van der Waals surface area contributed by atoms with E-state index in [4.69, 9.17) is 9.47 Å². The van der Waals surface area contributed by atoms with Gasteiger partial charge in [-0.15, -0.1) is 10.2 Å². The minimum atomic E-state index is -0.0967. The SMILES string of the molecule is COc1cccc(OC)c1C(=O)N1CCN(c2ccc(-c3ccccn3)nn2)CC1. The molecule has 154 valence electrons. The average Bonchev–Trinajstić information content (AvgIpc) is 2.83. The third-order valence-corrected chi connectivity index (χ3v) is 5.11. The van der Waals surface area contributed by atoms with Gasteiger partial charge in [0, 0.05) is 32.4 Å². The minimum Gasteiger partial charge on any atom is -0.496 e. The second kappa shape index (κ2) is 8.77. The molecule has 1 amide bonds. The third-order valence-electron chi connectivity index (χ3n) is 5.11. The van der Waals surface area contributed by atoms with Crippen LogP contribution in [0.2, 0.25) is 0 Å². The highest BCUT2D eigenvalue weighted by molar-refractivity contribution is 5.99. The molecule has 1 saturated heterocycles. The molecule has 1 aliphatic heterocycles. The van der Waals surface area contributed by atoms with Gasteiger partial charge in [0.15, 0.2) is 5.82 Å². The molecule has 0 radical (unpaired) electrons. The largest absolute Gasteiger partial charge is 0.496 e. The van der Waals surface area contributed by atoms with Crippen LogP contribution in [0.1, 0.15) is 10.4 Å². The summed E-state index contributed by atoms with van der Waals surface area (Å²) in [5, 5.41) is 8.66. The van der Waals surface area contributed by atoms with E-state index in [-0.39, 0.29) is 5.91 Å². The quantitative estimate of drug-likeness (QED) is 0.645. The molecule has 30 heavy (non-hydrogen) atoms. The topological polar surface area (TPSA) is 80.7 Å². The summed E-state index contributed by atoms with van der Waals surface area (Å²) >= 11 is 0. The number of aromatic nitrogens is 3. The van der Waals surface area contributed by atoms with Crippen LogP contribution in [-0.2, 0) is 0 Å². The van der Waals surface area contributed by atoms with E-state index in [1.165, 1.54) is 0 Å². The summed E-state index contributed by atoms with van der Waals surface area (Å²) in [6.45, 7) is 2.48. The normalized spacial score (nSPS) is 13.8. The first kappa shape index (κ1) is 19.6. The van der Waals surface area contributed by atoms with Gasteiger partial charge in [0.05, 0.1) is 19.9 Å². The molecule has 0 aliphatic carbocycles. The van der Waals surface area contributed by atoms with E-state index in [1.807, 2.05) is 35.2 Å². The number of benzene rings is 1. The van der Waals surface area contributed by atoms with Crippen LogP contribution in [-0.4, -0.2) is 66.4 Å². The Morgan fingerprint density at radius 2 is 1.57 bits per heavy atom. The zero-order valence-corrected chi connectivity index (χ0v) is 17.0. The number of amides is 1. The predicted molar refractivity (Wildman–Crippen MR) is 113 cm³/mol. The van der Waals surface area contributed by atoms with Gasteiger partial charge in [0.25, 0.3) is 5.91 Å². The van der Waals surface area contributed by atoms with Gasteiger partial charge in [-0.05, 0) is 36.4 Å². The van der Waals surface area contributed by atoms with Crippen LogP contribution in [0.15, 0.2) is 54.7 Å². The van der Waals surface area contributed by atoms with Crippen molar-refractivity contribution in [1.29, 1.82) is 0 Å². The number of anilines is 1. The Labute approximate surface area is 175 Å². The minimum absolute atomic E-state index is 0.0967. The molecule has 3 heterocycles. The first-order valence-corrected chi connectivity index (χ1v) is 9.71. The van der Waals surface area contributed by atoms with Gasteiger partial charge in [-0.2, -0.15) is 0 Å². The lowest BCUT2D eigenvalue weighted by Gasteiger charge is -2.35. The number of carbonyl (C=O) groups is 1. The van der Waals surface area contributed by atoms with Crippen LogP contribution >= 0.6 is 0 Å². The van der Waals surface area contributed by atoms with E-state index >= 15 is 0 Å². The van der Waals surface area contributed by atoms with Crippen LogP contribution in [0.5, 0.6) is 11.5 Å². The number of nitrogens with zero attached hydrogens (tertiary/aromatic N) is 5. The Morgan fingerprint density at radius 3 is 2.13 bits per heavy atom. The van der Waals surface area contributed by atoms with E-state index in [0.29, 0.717) is 43.2 Å². The lowest BCUT2D eigenvalue weighted by Crippen LogP contribution is -2.49. The molecule has 0 atom stereocenters. The van der Waals surface area contributed by atoms with Gasteiger partial charge >= 0.3 is 0 Å². The van der Waals surface area contributed by atoms with Gasteiger partial charge in [0.2, 0.25) is 0 Å². The molecule has 2 aromatic heterocycles. The summed E-state index contributed by atoms with van der Waals surface area (Å²) < 4.78 is 10.8. The highest BCUT2D eigenvalue weighted by atomic mass is 16.5. The van der Waals surface area contributed by atoms with Gasteiger partial charge < -0.3 is 19.3 Å². The molecular formula is C22H23N5O3. The average molecular weight is 405 g/mol. The van der Waals surface area contributed by atoms with E-state index in [2.05, 4.69) is 20.1 Å². The Hall–Kier alpha value is -3.68. The van der Waals surface area contributed by atoms with Crippen molar-refractivity contribution in [3.63, 3.8) is 0 Å². The summed E-state index contributed by atoms with van der Waals surface area (Å²) in [5.41, 5.74) is 1.98. The number of piperazine rings is 1. The number of ether oxygens (including phenoxy) is 2. The number of hydrogen-bond acceptors (Lipinski definition) is 7. The Morgan fingerprint density at radius 1 is 0.833 bits per heavy atom. The standard InChI is InChI=1S/C22H23N5O3/c1-29-18-7-5-8-19(30-2)21(18)22(28)27-14-12-26(13-15-27)20-10-9-17(24-25-20)16-6-3-4-11-23-16/h3-11H,12-15H2,1-2H3. The number of methoxy groups -OCH3 is 2. The maximum atomic E-state index is 13.1. The first-order chi connectivity index (χ1) is 14.7. The number of carbonyl (C=O) groups excluding carboxylic acids is 1. The number of hydrogen-bond donors (Lipinski definition) is 0. The third kappa shape index (κ3) is 3.89. The second-order valence-corrected chi connectivity index (χ2v) is 6.81.